The van der Waals surface area contributed by atoms with Gasteiger partial charge < -0.3 is 5.32 Å². The van der Waals surface area contributed by atoms with Crippen LogP contribution in [0.4, 0.5) is 9.18 Å². The highest BCUT2D eigenvalue weighted by Crippen LogP contribution is 1.66. The summed E-state index contributed by atoms with van der Waals surface area (Å²) in [6.45, 7) is -0.967. The van der Waals surface area contributed by atoms with Gasteiger partial charge in [0.2, 0.25) is 0 Å². The van der Waals surface area contributed by atoms with Crippen molar-refractivity contribution in [2.45, 2.75) is 0 Å². The summed E-state index contributed by atoms with van der Waals surface area (Å²) in [6, 6.07) is -1.01. The maximum Gasteiger partial charge on any atom is 0.372 e. The minimum atomic E-state index is -1.02. The van der Waals surface area contributed by atoms with E-state index in [1.165, 1.54) is 5.43 Å². The molecule has 2 amide bonds. The Kier molecular flexibility index (Phi) is 3.85. The van der Waals surface area contributed by atoms with Crippen molar-refractivity contribution in [3.05, 3.63) is 10.1 Å². The molecule has 0 aromatic carbocycles. The second kappa shape index (κ2) is 4.48. The molecule has 0 radical (unpaired) electrons. The van der Waals surface area contributed by atoms with E-state index in [0.717, 1.165) is 0 Å². The highest BCUT2D eigenvalue weighted by atomic mass is 19.1. The number of alkyl halides is 1. The molecule has 0 aromatic heterocycles. The van der Waals surface area contributed by atoms with Gasteiger partial charge in [0.15, 0.2) is 5.03 Å². The molecule has 0 rings (SSSR count). The van der Waals surface area contributed by atoms with Gasteiger partial charge in [-0.1, -0.05) is 5.43 Å². The van der Waals surface area contributed by atoms with Crippen LogP contribution in [0.15, 0.2) is 0 Å². The number of amides is 2. The Morgan fingerprint density at radius 2 is 2.30 bits per heavy atom. The molecule has 0 unspecified atom stereocenters. The maximum atomic E-state index is 11.3. The van der Waals surface area contributed by atoms with Gasteiger partial charge in [-0.15, -0.1) is 0 Å². The molecular weight excluding hydrogens is 145 g/mol. The summed E-state index contributed by atoms with van der Waals surface area (Å²) in [6.07, 6.45) is 0. The summed E-state index contributed by atoms with van der Waals surface area (Å²) in [5, 5.41) is 10.4. The number of carbonyl (C=O) groups excluding carboxylic acids is 1. The monoisotopic (exact) mass is 151 g/mol. The molecule has 58 valence electrons. The van der Waals surface area contributed by atoms with E-state index in [-0.39, 0.29) is 6.54 Å². The van der Waals surface area contributed by atoms with Gasteiger partial charge in [-0.25, -0.2) is 19.3 Å². The number of hydrogen-bond donors (Lipinski definition) is 2. The largest absolute Gasteiger partial charge is 0.372 e. The number of hydrogen-bond acceptors (Lipinski definition) is 3. The van der Waals surface area contributed by atoms with E-state index >= 15 is 0 Å². The molecule has 0 saturated carbocycles. The number of urea groups is 1. The Morgan fingerprint density at radius 1 is 1.70 bits per heavy atom. The summed E-state index contributed by atoms with van der Waals surface area (Å²) < 4.78 is 11.3. The van der Waals surface area contributed by atoms with E-state index in [9.17, 15) is 19.3 Å². The molecule has 10 heavy (non-hydrogen) atoms. The minimum Gasteiger partial charge on any atom is -0.331 e. The Bertz CT molecular complexity index is 139. The zero-order valence-electron chi connectivity index (χ0n) is 4.96. The van der Waals surface area contributed by atoms with Gasteiger partial charge >= 0.3 is 6.03 Å². The third-order valence-electron chi connectivity index (χ3n) is 0.573. The lowest BCUT2D eigenvalue weighted by Gasteiger charge is -1.96. The number of hydrazine groups is 1. The molecule has 0 saturated heterocycles. The molecular formula is C3H6FN3O3. The summed E-state index contributed by atoms with van der Waals surface area (Å²) >= 11 is 0. The summed E-state index contributed by atoms with van der Waals surface area (Å²) in [5.74, 6) is 0. The van der Waals surface area contributed by atoms with Crippen molar-refractivity contribution in [2.75, 3.05) is 13.2 Å². The lowest BCUT2D eigenvalue weighted by Crippen LogP contribution is -2.39. The average Bonchev–Trinajstić information content (AvgIpc) is 1.82. The third kappa shape index (κ3) is 4.75. The highest BCUT2D eigenvalue weighted by molar-refractivity contribution is 5.72. The summed E-state index contributed by atoms with van der Waals surface area (Å²) in [5.41, 5.74) is 1.28. The van der Waals surface area contributed by atoms with E-state index in [1.54, 1.807) is 0 Å². The van der Waals surface area contributed by atoms with Gasteiger partial charge in [0.05, 0.1) is 0 Å². The van der Waals surface area contributed by atoms with Crippen LogP contribution in [-0.2, 0) is 0 Å². The van der Waals surface area contributed by atoms with Crippen LogP contribution in [0.1, 0.15) is 0 Å². The fourth-order valence-electron chi connectivity index (χ4n) is 0.283. The van der Waals surface area contributed by atoms with Crippen LogP contribution in [-0.4, -0.2) is 24.3 Å². The SMILES string of the molecule is O=C(NCCF)N[N+](=O)[O-]. The first-order valence-corrected chi connectivity index (χ1v) is 2.41. The topological polar surface area (TPSA) is 84.3 Å². The molecule has 0 aromatic rings. The standard InChI is InChI=1S/C3H6FN3O3/c4-1-2-5-3(8)6-7(9)10/h1-2H2,(H2,5,6,8). The predicted molar refractivity (Wildman–Crippen MR) is 29.5 cm³/mol. The predicted octanol–water partition coefficient (Wildman–Crippen LogP) is -0.553. The number of carbonyl (C=O) groups is 1. The lowest BCUT2D eigenvalue weighted by molar-refractivity contribution is -0.527. The first-order valence-electron chi connectivity index (χ1n) is 2.41. The number of rotatable bonds is 3. The molecule has 2 N–H and O–H groups in total. The Balaban J connectivity index is 3.35. The first kappa shape index (κ1) is 8.60. The minimum absolute atomic E-state index is 0.223. The maximum absolute atomic E-state index is 11.3. The molecule has 0 fully saturated rings. The van der Waals surface area contributed by atoms with Gasteiger partial charge in [-0.05, 0) is 0 Å². The zero-order valence-corrected chi connectivity index (χ0v) is 4.96. The van der Waals surface area contributed by atoms with Crippen molar-refractivity contribution in [2.24, 2.45) is 0 Å². The Hall–Kier alpha value is -1.40. The Labute approximate surface area is 55.5 Å². The fourth-order valence-corrected chi connectivity index (χ4v) is 0.283. The van der Waals surface area contributed by atoms with Crippen molar-refractivity contribution in [1.29, 1.82) is 0 Å². The van der Waals surface area contributed by atoms with E-state index in [4.69, 9.17) is 0 Å². The summed E-state index contributed by atoms with van der Waals surface area (Å²) in [4.78, 5) is 19.7. The smallest absolute Gasteiger partial charge is 0.331 e. The van der Waals surface area contributed by atoms with Crippen LogP contribution >= 0.6 is 0 Å². The molecule has 0 aliphatic carbocycles. The van der Waals surface area contributed by atoms with Gasteiger partial charge in [0, 0.05) is 6.54 Å². The van der Waals surface area contributed by atoms with E-state index < -0.39 is 17.7 Å². The van der Waals surface area contributed by atoms with Gasteiger partial charge in [-0.3, -0.25) is 0 Å². The second-order valence-electron chi connectivity index (χ2n) is 1.31. The molecule has 0 atom stereocenters. The van der Waals surface area contributed by atoms with Crippen LogP contribution in [0.5, 0.6) is 0 Å². The molecule has 0 spiro atoms. The first-order chi connectivity index (χ1) is 4.66. The van der Waals surface area contributed by atoms with Crippen LogP contribution in [0.2, 0.25) is 0 Å². The number of nitrogens with one attached hydrogen (secondary N) is 2. The van der Waals surface area contributed by atoms with Crippen LogP contribution in [0.25, 0.3) is 0 Å². The van der Waals surface area contributed by atoms with Crippen LogP contribution < -0.4 is 10.7 Å². The van der Waals surface area contributed by atoms with Crippen molar-refractivity contribution in [3.8, 4) is 0 Å². The van der Waals surface area contributed by atoms with Crippen molar-refractivity contribution >= 4 is 6.03 Å². The van der Waals surface area contributed by atoms with E-state index in [0.29, 0.717) is 0 Å². The van der Waals surface area contributed by atoms with Crippen LogP contribution in [0.3, 0.4) is 0 Å². The summed E-state index contributed by atoms with van der Waals surface area (Å²) in [7, 11) is 0. The lowest BCUT2D eigenvalue weighted by atomic mass is 10.7. The van der Waals surface area contributed by atoms with Crippen molar-refractivity contribution < 1.29 is 14.2 Å². The molecule has 0 bridgehead atoms. The molecule has 0 aliphatic rings. The fraction of sp³-hybridized carbons (Fsp3) is 0.667. The van der Waals surface area contributed by atoms with Crippen molar-refractivity contribution in [3.63, 3.8) is 0 Å². The average molecular weight is 151 g/mol. The zero-order chi connectivity index (χ0) is 7.98. The normalized spacial score (nSPS) is 8.50. The molecule has 0 heterocycles. The van der Waals surface area contributed by atoms with Gasteiger partial charge in [0.1, 0.15) is 6.67 Å². The van der Waals surface area contributed by atoms with Gasteiger partial charge in [0.25, 0.3) is 0 Å². The number of nitrogens with zero attached hydrogens (tertiary/aromatic N) is 1. The Morgan fingerprint density at radius 3 is 2.70 bits per heavy atom. The van der Waals surface area contributed by atoms with Gasteiger partial charge in [-0.2, -0.15) is 0 Å². The molecule has 7 heteroatoms. The molecule has 0 aliphatic heterocycles. The van der Waals surface area contributed by atoms with E-state index in [2.05, 4.69) is 0 Å². The van der Waals surface area contributed by atoms with Crippen LogP contribution in [0, 0.1) is 10.1 Å². The second-order valence-corrected chi connectivity index (χ2v) is 1.31. The molecule has 6 nitrogen and oxygen atoms in total. The highest BCUT2D eigenvalue weighted by Gasteiger charge is 2.03. The quantitative estimate of drug-likeness (QED) is 0.419. The number of halogens is 1. The van der Waals surface area contributed by atoms with Crippen molar-refractivity contribution in [1.82, 2.24) is 10.7 Å². The van der Waals surface area contributed by atoms with E-state index in [1.807, 2.05) is 5.32 Å². The third-order valence-corrected chi connectivity index (χ3v) is 0.573. The number of nitro groups is 1.